The first-order valence-corrected chi connectivity index (χ1v) is 8.52. The Labute approximate surface area is 125 Å². The molecular weight excluding hydrogens is 250 g/mol. The number of likely N-dealkylation sites (tertiary alicyclic amines) is 2. The number of fused-ring (bicyclic) bond motifs is 1. The van der Waals surface area contributed by atoms with Crippen molar-refractivity contribution in [2.75, 3.05) is 72.6 Å². The maximum absolute atomic E-state index is 5.38. The molecule has 0 aromatic rings. The van der Waals surface area contributed by atoms with E-state index in [1.807, 2.05) is 13.8 Å². The highest BCUT2D eigenvalue weighted by atomic mass is 16.5. The zero-order valence-corrected chi connectivity index (χ0v) is 13.7. The summed E-state index contributed by atoms with van der Waals surface area (Å²) in [7, 11) is 2.26. The minimum atomic E-state index is 0.931. The van der Waals surface area contributed by atoms with Gasteiger partial charge in [0.1, 0.15) is 0 Å². The van der Waals surface area contributed by atoms with Gasteiger partial charge in [-0.3, -0.25) is 4.90 Å². The Kier molecular flexibility index (Phi) is 6.75. The minimum absolute atomic E-state index is 0.931. The molecule has 0 bridgehead atoms. The van der Waals surface area contributed by atoms with Crippen LogP contribution < -0.4 is 0 Å². The van der Waals surface area contributed by atoms with E-state index in [0.717, 1.165) is 38.1 Å². The van der Waals surface area contributed by atoms with Gasteiger partial charge in [0.05, 0.1) is 13.2 Å². The first-order valence-electron chi connectivity index (χ1n) is 8.52. The van der Waals surface area contributed by atoms with E-state index in [1.165, 1.54) is 45.7 Å². The van der Waals surface area contributed by atoms with Crippen LogP contribution in [0.2, 0.25) is 0 Å². The van der Waals surface area contributed by atoms with Crippen molar-refractivity contribution < 1.29 is 4.74 Å². The average Bonchev–Trinajstić information content (AvgIpc) is 2.99. The Morgan fingerprint density at radius 2 is 1.40 bits per heavy atom. The lowest BCUT2D eigenvalue weighted by Gasteiger charge is -2.27. The molecule has 2 unspecified atom stereocenters. The van der Waals surface area contributed by atoms with Gasteiger partial charge in [0.15, 0.2) is 0 Å². The molecule has 0 amide bonds. The first kappa shape index (κ1) is 16.2. The summed E-state index contributed by atoms with van der Waals surface area (Å²) in [6.07, 6.45) is 1.33. The van der Waals surface area contributed by atoms with Crippen molar-refractivity contribution in [1.29, 1.82) is 0 Å². The van der Waals surface area contributed by atoms with Crippen LogP contribution in [0.25, 0.3) is 0 Å². The molecule has 3 fully saturated rings. The molecule has 4 heteroatoms. The number of morpholine rings is 1. The fourth-order valence-electron chi connectivity index (χ4n) is 3.85. The molecule has 0 saturated carbocycles. The van der Waals surface area contributed by atoms with E-state index >= 15 is 0 Å². The molecule has 3 heterocycles. The van der Waals surface area contributed by atoms with Gasteiger partial charge >= 0.3 is 0 Å². The lowest BCUT2D eigenvalue weighted by molar-refractivity contribution is 0.0363. The highest BCUT2D eigenvalue weighted by molar-refractivity contribution is 4.91. The molecule has 0 aliphatic carbocycles. The van der Waals surface area contributed by atoms with Crippen LogP contribution in [0.5, 0.6) is 0 Å². The quantitative estimate of drug-likeness (QED) is 0.772. The van der Waals surface area contributed by atoms with Gasteiger partial charge in [-0.2, -0.15) is 0 Å². The van der Waals surface area contributed by atoms with Crippen LogP contribution in [0.1, 0.15) is 20.3 Å². The lowest BCUT2D eigenvalue weighted by atomic mass is 10.0. The van der Waals surface area contributed by atoms with E-state index in [2.05, 4.69) is 21.7 Å². The van der Waals surface area contributed by atoms with Gasteiger partial charge in [-0.1, -0.05) is 13.8 Å². The van der Waals surface area contributed by atoms with Gasteiger partial charge in [-0.25, -0.2) is 0 Å². The third-order valence-corrected chi connectivity index (χ3v) is 4.80. The number of nitrogens with zero attached hydrogens (tertiary/aromatic N) is 3. The van der Waals surface area contributed by atoms with Crippen molar-refractivity contribution in [3.63, 3.8) is 0 Å². The summed E-state index contributed by atoms with van der Waals surface area (Å²) in [4.78, 5) is 7.75. The fourth-order valence-corrected chi connectivity index (χ4v) is 3.85. The topological polar surface area (TPSA) is 19.0 Å². The molecule has 3 saturated heterocycles. The van der Waals surface area contributed by atoms with Crippen molar-refractivity contribution in [3.8, 4) is 0 Å². The normalized spacial score (nSPS) is 31.9. The maximum Gasteiger partial charge on any atom is 0.0594 e. The van der Waals surface area contributed by atoms with Gasteiger partial charge in [0, 0.05) is 39.3 Å². The summed E-state index contributed by atoms with van der Waals surface area (Å²) < 4.78 is 5.38. The smallest absolute Gasteiger partial charge is 0.0594 e. The summed E-state index contributed by atoms with van der Waals surface area (Å²) >= 11 is 0. The van der Waals surface area contributed by atoms with E-state index in [9.17, 15) is 0 Å². The minimum Gasteiger partial charge on any atom is -0.379 e. The molecule has 0 spiro atoms. The first-order chi connectivity index (χ1) is 9.81. The summed E-state index contributed by atoms with van der Waals surface area (Å²) in [6, 6.07) is 0. The summed E-state index contributed by atoms with van der Waals surface area (Å²) in [5.41, 5.74) is 0. The standard InChI is InChI=1S/C14H27N3O.C2H6/c1-15-9-13-11-17(12-14(13)10-15)4-2-3-16-5-7-18-8-6-16;1-2/h13-14H,2-12H2,1H3;1-2H3. The number of rotatable bonds is 4. The second-order valence-electron chi connectivity index (χ2n) is 6.31. The van der Waals surface area contributed by atoms with Crippen molar-refractivity contribution in [2.45, 2.75) is 20.3 Å². The molecule has 0 radical (unpaired) electrons. The predicted octanol–water partition coefficient (Wildman–Crippen LogP) is 1.23. The average molecular weight is 283 g/mol. The van der Waals surface area contributed by atoms with Crippen LogP contribution >= 0.6 is 0 Å². The molecule has 20 heavy (non-hydrogen) atoms. The molecule has 4 nitrogen and oxygen atoms in total. The maximum atomic E-state index is 5.38. The predicted molar refractivity (Wildman–Crippen MR) is 84.1 cm³/mol. The Morgan fingerprint density at radius 3 is 2.00 bits per heavy atom. The van der Waals surface area contributed by atoms with Crippen LogP contribution in [0, 0.1) is 11.8 Å². The Balaban J connectivity index is 0.000000704. The summed E-state index contributed by atoms with van der Waals surface area (Å²) in [5, 5.41) is 0. The van der Waals surface area contributed by atoms with E-state index in [-0.39, 0.29) is 0 Å². The zero-order valence-electron chi connectivity index (χ0n) is 13.7. The highest BCUT2D eigenvalue weighted by Gasteiger charge is 2.38. The molecule has 0 N–H and O–H groups in total. The van der Waals surface area contributed by atoms with Crippen LogP contribution in [0.4, 0.5) is 0 Å². The second kappa shape index (κ2) is 8.32. The van der Waals surface area contributed by atoms with Crippen LogP contribution in [-0.2, 0) is 4.74 Å². The van der Waals surface area contributed by atoms with Crippen molar-refractivity contribution in [3.05, 3.63) is 0 Å². The van der Waals surface area contributed by atoms with E-state index < -0.39 is 0 Å². The number of hydrogen-bond acceptors (Lipinski definition) is 4. The van der Waals surface area contributed by atoms with Crippen LogP contribution in [-0.4, -0.2) is 87.3 Å². The van der Waals surface area contributed by atoms with E-state index in [1.54, 1.807) is 0 Å². The molecule has 3 aliphatic rings. The van der Waals surface area contributed by atoms with Crippen molar-refractivity contribution in [1.82, 2.24) is 14.7 Å². The SMILES string of the molecule is CC.CN1CC2CN(CCCN3CCOCC3)CC2C1. The molecule has 0 aromatic heterocycles. The van der Waals surface area contributed by atoms with Gasteiger partial charge in [0.2, 0.25) is 0 Å². The third-order valence-electron chi connectivity index (χ3n) is 4.80. The Hall–Kier alpha value is -0.160. The number of hydrogen-bond donors (Lipinski definition) is 0. The van der Waals surface area contributed by atoms with Crippen molar-refractivity contribution >= 4 is 0 Å². The fraction of sp³-hybridized carbons (Fsp3) is 1.00. The second-order valence-corrected chi connectivity index (χ2v) is 6.31. The van der Waals surface area contributed by atoms with Crippen LogP contribution in [0.15, 0.2) is 0 Å². The Bertz CT molecular complexity index is 254. The van der Waals surface area contributed by atoms with Gasteiger partial charge in [-0.05, 0) is 38.4 Å². The number of ether oxygens (including phenoxy) is 1. The van der Waals surface area contributed by atoms with Crippen molar-refractivity contribution in [2.24, 2.45) is 11.8 Å². The molecule has 2 atom stereocenters. The molecule has 118 valence electrons. The van der Waals surface area contributed by atoms with Gasteiger partial charge in [-0.15, -0.1) is 0 Å². The molecule has 3 rings (SSSR count). The zero-order chi connectivity index (χ0) is 14.4. The van der Waals surface area contributed by atoms with E-state index in [4.69, 9.17) is 4.74 Å². The molecule has 0 aromatic carbocycles. The summed E-state index contributed by atoms with van der Waals surface area (Å²) in [5.74, 6) is 1.91. The molecule has 3 aliphatic heterocycles. The van der Waals surface area contributed by atoms with E-state index in [0.29, 0.717) is 0 Å². The summed E-state index contributed by atoms with van der Waals surface area (Å²) in [6.45, 7) is 16.0. The third kappa shape index (κ3) is 4.42. The van der Waals surface area contributed by atoms with Crippen LogP contribution in [0.3, 0.4) is 0 Å². The molecular formula is C16H33N3O. The van der Waals surface area contributed by atoms with Gasteiger partial charge in [0.25, 0.3) is 0 Å². The largest absolute Gasteiger partial charge is 0.379 e. The highest BCUT2D eigenvalue weighted by Crippen LogP contribution is 2.29. The Morgan fingerprint density at radius 1 is 0.850 bits per heavy atom. The van der Waals surface area contributed by atoms with Gasteiger partial charge < -0.3 is 14.5 Å². The lowest BCUT2D eigenvalue weighted by Crippen LogP contribution is -2.38. The monoisotopic (exact) mass is 283 g/mol.